The number of aromatic nitrogens is 2. The second-order valence-corrected chi connectivity index (χ2v) is 11.1. The summed E-state index contributed by atoms with van der Waals surface area (Å²) < 4.78 is 25.6. The molecular weight excluding hydrogens is 468 g/mol. The Morgan fingerprint density at radius 1 is 1.26 bits per heavy atom. The van der Waals surface area contributed by atoms with Crippen molar-refractivity contribution in [3.8, 4) is 0 Å². The molecule has 1 unspecified atom stereocenters. The highest BCUT2D eigenvalue weighted by Crippen LogP contribution is 2.41. The molecule has 178 valence electrons. The fourth-order valence-electron chi connectivity index (χ4n) is 4.75. The van der Waals surface area contributed by atoms with Crippen molar-refractivity contribution in [1.29, 1.82) is 5.41 Å². The predicted octanol–water partition coefficient (Wildman–Crippen LogP) is 5.45. The average Bonchev–Trinajstić information content (AvgIpc) is 3.27. The molecule has 2 N–H and O–H groups in total. The lowest BCUT2D eigenvalue weighted by Crippen LogP contribution is -2.39. The normalized spacial score (nSPS) is 20.2. The molecule has 2 heterocycles. The monoisotopic (exact) mass is 496 g/mol. The van der Waals surface area contributed by atoms with Gasteiger partial charge in [-0.3, -0.25) is 0 Å². The van der Waals surface area contributed by atoms with Gasteiger partial charge in [-0.05, 0) is 71.7 Å². The minimum atomic E-state index is -3.17. The number of rotatable bonds is 7. The van der Waals surface area contributed by atoms with Crippen molar-refractivity contribution in [2.75, 3.05) is 19.3 Å². The number of nitrogens with one attached hydrogen (secondary N) is 2. The van der Waals surface area contributed by atoms with E-state index in [1.54, 1.807) is 22.9 Å². The molecule has 1 saturated heterocycles. The minimum Gasteiger partial charge on any atom is -0.345 e. The van der Waals surface area contributed by atoms with Crippen molar-refractivity contribution in [3.05, 3.63) is 88.0 Å². The summed E-state index contributed by atoms with van der Waals surface area (Å²) in [5.74, 6) is 0.444. The van der Waals surface area contributed by atoms with Gasteiger partial charge in [0.05, 0.1) is 24.5 Å². The van der Waals surface area contributed by atoms with Crippen LogP contribution in [-0.4, -0.2) is 48.3 Å². The molecule has 1 aliphatic carbocycles. The summed E-state index contributed by atoms with van der Waals surface area (Å²) in [6.07, 6.45) is 20.6. The molecular formula is C26H29ClN4O2S. The number of allylic oxidation sites excluding steroid dienone is 6. The molecule has 1 aromatic carbocycles. The highest BCUT2D eigenvalue weighted by atomic mass is 35.5. The first-order valence-corrected chi connectivity index (χ1v) is 13.6. The summed E-state index contributed by atoms with van der Waals surface area (Å²) in [6, 6.07) is 6.03. The van der Waals surface area contributed by atoms with Gasteiger partial charge in [-0.15, -0.1) is 0 Å². The minimum absolute atomic E-state index is 0.129. The molecule has 1 fully saturated rings. The first-order valence-electron chi connectivity index (χ1n) is 11.3. The number of piperidine rings is 1. The number of sulfonamides is 1. The molecule has 1 aromatic heterocycles. The van der Waals surface area contributed by atoms with Crippen LogP contribution in [0.25, 0.3) is 12.2 Å². The van der Waals surface area contributed by atoms with Gasteiger partial charge in [0.2, 0.25) is 10.0 Å². The van der Waals surface area contributed by atoms with Crippen LogP contribution in [0.1, 0.15) is 42.0 Å². The molecule has 4 rings (SSSR count). The number of fused-ring (bicyclic) bond motifs is 1. The molecule has 2 aliphatic rings. The summed E-state index contributed by atoms with van der Waals surface area (Å²) in [5, 5.41) is 8.18. The lowest BCUT2D eigenvalue weighted by atomic mass is 9.78. The predicted molar refractivity (Wildman–Crippen MR) is 140 cm³/mol. The maximum Gasteiger partial charge on any atom is 0.211 e. The molecule has 0 saturated carbocycles. The van der Waals surface area contributed by atoms with E-state index in [-0.39, 0.29) is 5.92 Å². The fourth-order valence-corrected chi connectivity index (χ4v) is 5.81. The zero-order chi connectivity index (χ0) is 24.1. The molecule has 0 spiro atoms. The van der Waals surface area contributed by atoms with Gasteiger partial charge in [-0.25, -0.2) is 17.7 Å². The Bertz CT molecular complexity index is 1250. The smallest absolute Gasteiger partial charge is 0.211 e. The highest BCUT2D eigenvalue weighted by molar-refractivity contribution is 7.88. The molecule has 0 bridgehead atoms. The summed E-state index contributed by atoms with van der Waals surface area (Å²) >= 11 is 6.38. The second kappa shape index (κ2) is 10.7. The summed E-state index contributed by atoms with van der Waals surface area (Å²) in [5.41, 5.74) is 5.43. The third-order valence-electron chi connectivity index (χ3n) is 6.47. The van der Waals surface area contributed by atoms with Crippen LogP contribution < -0.4 is 0 Å². The first-order chi connectivity index (χ1) is 16.3. The Morgan fingerprint density at radius 2 is 2.06 bits per heavy atom. The highest BCUT2D eigenvalue weighted by Gasteiger charge is 2.31. The van der Waals surface area contributed by atoms with Crippen LogP contribution in [0, 0.1) is 11.3 Å². The van der Waals surface area contributed by atoms with Gasteiger partial charge >= 0.3 is 0 Å². The SMILES string of the molecule is CS(=O)(=O)N1CCC(C2C=C(/C=C\C=N)C(C/C=C/c3cnc[nH]3)=Cc3cc(Cl)ccc32)CC1. The van der Waals surface area contributed by atoms with Crippen LogP contribution >= 0.6 is 11.6 Å². The third kappa shape index (κ3) is 5.84. The topological polar surface area (TPSA) is 89.9 Å². The number of benzene rings is 1. The number of hydrogen-bond donors (Lipinski definition) is 2. The lowest BCUT2D eigenvalue weighted by molar-refractivity contribution is 0.260. The Labute approximate surface area is 206 Å². The van der Waals surface area contributed by atoms with E-state index in [4.69, 9.17) is 17.0 Å². The van der Waals surface area contributed by atoms with E-state index in [9.17, 15) is 8.42 Å². The zero-order valence-corrected chi connectivity index (χ0v) is 20.7. The van der Waals surface area contributed by atoms with Gasteiger partial charge in [0, 0.05) is 30.2 Å². The Morgan fingerprint density at radius 3 is 2.74 bits per heavy atom. The molecule has 1 aliphatic heterocycles. The molecule has 1 atom stereocenters. The van der Waals surface area contributed by atoms with E-state index in [1.807, 2.05) is 24.3 Å². The first kappa shape index (κ1) is 24.4. The fraction of sp³-hybridized carbons (Fsp3) is 0.308. The average molecular weight is 497 g/mol. The standard InChI is InChI=1S/C26H29ClN4O2S/c1-34(32,33)31-12-9-19(10-13-31)26-16-21(5-3-11-28)20(4-2-6-24-17-29-18-30-24)14-22-15-23(27)7-8-25(22)26/h2-3,5-8,11,14-19,26,28H,4,9-10,12-13H2,1H3,(H,29,30)/b5-3-,6-2+,28-11?. The van der Waals surface area contributed by atoms with Crippen LogP contribution in [0.3, 0.4) is 0 Å². The number of nitrogens with zero attached hydrogens (tertiary/aromatic N) is 2. The molecule has 8 heteroatoms. The van der Waals surface area contributed by atoms with E-state index in [1.165, 1.54) is 18.0 Å². The number of imidazole rings is 1. The van der Waals surface area contributed by atoms with Gasteiger partial charge < -0.3 is 10.4 Å². The largest absolute Gasteiger partial charge is 0.345 e. The van der Waals surface area contributed by atoms with Crippen molar-refractivity contribution in [1.82, 2.24) is 14.3 Å². The number of H-pyrrole nitrogens is 1. The third-order valence-corrected chi connectivity index (χ3v) is 8.01. The number of aromatic amines is 1. The lowest BCUT2D eigenvalue weighted by Gasteiger charge is -2.34. The zero-order valence-electron chi connectivity index (χ0n) is 19.1. The quantitative estimate of drug-likeness (QED) is 0.499. The van der Waals surface area contributed by atoms with E-state index >= 15 is 0 Å². The van der Waals surface area contributed by atoms with Crippen LogP contribution in [0.2, 0.25) is 5.02 Å². The Kier molecular flexibility index (Phi) is 7.66. The van der Waals surface area contributed by atoms with Crippen LogP contribution in [-0.2, 0) is 10.0 Å². The Balaban J connectivity index is 1.70. The summed E-state index contributed by atoms with van der Waals surface area (Å²) in [7, 11) is -3.17. The molecule has 0 amide bonds. The van der Waals surface area contributed by atoms with Crippen molar-refractivity contribution in [3.63, 3.8) is 0 Å². The number of hydrogen-bond acceptors (Lipinski definition) is 4. The van der Waals surface area contributed by atoms with E-state index < -0.39 is 10.0 Å². The van der Waals surface area contributed by atoms with Crippen LogP contribution in [0.15, 0.2) is 66.2 Å². The maximum atomic E-state index is 12.0. The van der Waals surface area contributed by atoms with Gasteiger partial charge in [-0.2, -0.15) is 0 Å². The second-order valence-electron chi connectivity index (χ2n) is 8.73. The van der Waals surface area contributed by atoms with E-state index in [2.05, 4.69) is 34.3 Å². The van der Waals surface area contributed by atoms with Gasteiger partial charge in [-0.1, -0.05) is 42.0 Å². The van der Waals surface area contributed by atoms with Crippen molar-refractivity contribution in [2.24, 2.45) is 5.92 Å². The van der Waals surface area contributed by atoms with E-state index in [0.29, 0.717) is 30.5 Å². The summed E-state index contributed by atoms with van der Waals surface area (Å²) in [4.78, 5) is 7.13. The van der Waals surface area contributed by atoms with Gasteiger partial charge in [0.25, 0.3) is 0 Å². The Hall–Kier alpha value is -2.74. The maximum absolute atomic E-state index is 12.0. The van der Waals surface area contributed by atoms with Gasteiger partial charge in [0.15, 0.2) is 0 Å². The summed E-state index contributed by atoms with van der Waals surface area (Å²) in [6.45, 7) is 1.07. The number of halogens is 1. The van der Waals surface area contributed by atoms with Crippen molar-refractivity contribution < 1.29 is 8.42 Å². The van der Waals surface area contributed by atoms with E-state index in [0.717, 1.165) is 35.2 Å². The van der Waals surface area contributed by atoms with Crippen molar-refractivity contribution >= 4 is 40.0 Å². The van der Waals surface area contributed by atoms with Gasteiger partial charge in [0.1, 0.15) is 0 Å². The van der Waals surface area contributed by atoms with Crippen molar-refractivity contribution in [2.45, 2.75) is 25.2 Å². The molecule has 34 heavy (non-hydrogen) atoms. The molecule has 0 radical (unpaired) electrons. The molecule has 6 nitrogen and oxygen atoms in total. The van der Waals surface area contributed by atoms with Crippen LogP contribution in [0.4, 0.5) is 0 Å². The van der Waals surface area contributed by atoms with Crippen LogP contribution in [0.5, 0.6) is 0 Å². The molecule has 2 aromatic rings.